The van der Waals surface area contributed by atoms with E-state index in [4.69, 9.17) is 0 Å². The van der Waals surface area contributed by atoms with Gasteiger partial charge in [-0.2, -0.15) is 15.5 Å². The second kappa shape index (κ2) is 6.61. The topological polar surface area (TPSA) is 73.1 Å². The first-order chi connectivity index (χ1) is 12.3. The predicted octanol–water partition coefficient (Wildman–Crippen LogP) is 1.96. The van der Waals surface area contributed by atoms with Crippen LogP contribution in [0.15, 0.2) is 42.6 Å². The van der Waals surface area contributed by atoms with Gasteiger partial charge >= 0.3 is 0 Å². The molecule has 1 amide bonds. The molecule has 6 heteroatoms. The maximum atomic E-state index is 12.9. The van der Waals surface area contributed by atoms with Crippen LogP contribution >= 0.6 is 0 Å². The molecule has 0 N–H and O–H groups in total. The van der Waals surface area contributed by atoms with Crippen LogP contribution in [0.4, 0.5) is 0 Å². The fraction of sp³-hybridized carbons (Fsp3) is 0.368. The van der Waals surface area contributed by atoms with Crippen LogP contribution in [0.2, 0.25) is 0 Å². The molecule has 6 nitrogen and oxygen atoms in total. The summed E-state index contributed by atoms with van der Waals surface area (Å²) in [5.41, 5.74) is 2.13. The van der Waals surface area contributed by atoms with E-state index >= 15 is 0 Å². The summed E-state index contributed by atoms with van der Waals surface area (Å²) < 4.78 is 0. The molecular weight excluding hydrogens is 314 g/mol. The van der Waals surface area contributed by atoms with E-state index in [2.05, 4.69) is 21.2 Å². The number of amides is 1. The van der Waals surface area contributed by atoms with Crippen molar-refractivity contribution in [1.82, 2.24) is 20.0 Å². The standard InChI is InChI=1S/C19H19N5O/c20-11-17-13-23(8-9-24(17)16-6-7-16)19(25)15-10-18(22-21-12-15)14-4-2-1-3-5-14/h1-5,10,12,16-17H,6-9,13H2. The Labute approximate surface area is 146 Å². The van der Waals surface area contributed by atoms with Gasteiger partial charge in [0.15, 0.2) is 0 Å². The van der Waals surface area contributed by atoms with Crippen molar-refractivity contribution in [2.45, 2.75) is 24.9 Å². The van der Waals surface area contributed by atoms with Crippen molar-refractivity contribution in [3.05, 3.63) is 48.2 Å². The number of nitriles is 1. The number of nitrogens with zero attached hydrogens (tertiary/aromatic N) is 5. The van der Waals surface area contributed by atoms with Crippen LogP contribution in [0, 0.1) is 11.3 Å². The van der Waals surface area contributed by atoms with Crippen molar-refractivity contribution in [2.75, 3.05) is 19.6 Å². The maximum absolute atomic E-state index is 12.9. The molecular formula is C19H19N5O. The summed E-state index contributed by atoms with van der Waals surface area (Å²) >= 11 is 0. The zero-order valence-corrected chi connectivity index (χ0v) is 13.9. The van der Waals surface area contributed by atoms with Gasteiger partial charge in [-0.05, 0) is 18.9 Å². The minimum Gasteiger partial charge on any atom is -0.335 e. The fourth-order valence-corrected chi connectivity index (χ4v) is 3.36. The van der Waals surface area contributed by atoms with Crippen LogP contribution < -0.4 is 0 Å². The van der Waals surface area contributed by atoms with Gasteiger partial charge in [0.25, 0.3) is 5.91 Å². The molecule has 2 aliphatic rings. The molecule has 0 radical (unpaired) electrons. The fourth-order valence-electron chi connectivity index (χ4n) is 3.36. The highest BCUT2D eigenvalue weighted by atomic mass is 16.2. The van der Waals surface area contributed by atoms with Crippen molar-refractivity contribution in [1.29, 1.82) is 5.26 Å². The molecule has 1 atom stereocenters. The molecule has 1 aromatic carbocycles. The lowest BCUT2D eigenvalue weighted by Crippen LogP contribution is -2.54. The summed E-state index contributed by atoms with van der Waals surface area (Å²) in [5, 5.41) is 17.6. The molecule has 1 aliphatic carbocycles. The Morgan fingerprint density at radius 3 is 2.72 bits per heavy atom. The number of carbonyl (C=O) groups excluding carboxylic acids is 1. The Hall–Kier alpha value is -2.78. The number of piperazine rings is 1. The molecule has 1 aromatic heterocycles. The molecule has 4 rings (SSSR count). The van der Waals surface area contributed by atoms with Gasteiger partial charge in [-0.1, -0.05) is 30.3 Å². The predicted molar refractivity (Wildman–Crippen MR) is 92.5 cm³/mol. The van der Waals surface area contributed by atoms with Crippen molar-refractivity contribution in [2.24, 2.45) is 0 Å². The van der Waals surface area contributed by atoms with Gasteiger partial charge in [-0.25, -0.2) is 0 Å². The molecule has 1 saturated carbocycles. The van der Waals surface area contributed by atoms with E-state index in [0.29, 0.717) is 30.4 Å². The molecule has 1 aliphatic heterocycles. The van der Waals surface area contributed by atoms with Crippen LogP contribution in [-0.2, 0) is 0 Å². The minimum atomic E-state index is -0.214. The van der Waals surface area contributed by atoms with Gasteiger partial charge in [0, 0.05) is 31.2 Å². The van der Waals surface area contributed by atoms with Crippen LogP contribution in [-0.4, -0.2) is 57.6 Å². The third-order valence-corrected chi connectivity index (χ3v) is 4.84. The van der Waals surface area contributed by atoms with Gasteiger partial charge in [-0.3, -0.25) is 9.69 Å². The molecule has 2 aromatic rings. The van der Waals surface area contributed by atoms with Crippen molar-refractivity contribution in [3.8, 4) is 17.3 Å². The second-order valence-corrected chi connectivity index (χ2v) is 6.56. The number of carbonyl (C=O) groups is 1. The lowest BCUT2D eigenvalue weighted by atomic mass is 10.1. The maximum Gasteiger partial charge on any atom is 0.255 e. The summed E-state index contributed by atoms with van der Waals surface area (Å²) in [6.07, 6.45) is 3.84. The quantitative estimate of drug-likeness (QED) is 0.858. The van der Waals surface area contributed by atoms with E-state index in [0.717, 1.165) is 12.1 Å². The SMILES string of the molecule is N#CC1CN(C(=O)c2cnnc(-c3ccccc3)c2)CCN1C1CC1. The molecule has 2 fully saturated rings. The largest absolute Gasteiger partial charge is 0.335 e. The molecule has 1 unspecified atom stereocenters. The van der Waals surface area contributed by atoms with Crippen LogP contribution in [0.1, 0.15) is 23.2 Å². The highest BCUT2D eigenvalue weighted by molar-refractivity contribution is 5.95. The molecule has 2 heterocycles. The van der Waals surface area contributed by atoms with E-state index in [-0.39, 0.29) is 11.9 Å². The molecule has 0 spiro atoms. The average Bonchev–Trinajstić information content (AvgIpc) is 3.53. The Bertz CT molecular complexity index is 812. The van der Waals surface area contributed by atoms with Gasteiger partial charge in [0.1, 0.15) is 6.04 Å². The first kappa shape index (κ1) is 15.7. The minimum absolute atomic E-state index is 0.0808. The summed E-state index contributed by atoms with van der Waals surface area (Å²) in [6.45, 7) is 1.87. The molecule has 1 saturated heterocycles. The highest BCUT2D eigenvalue weighted by Crippen LogP contribution is 2.30. The number of aromatic nitrogens is 2. The van der Waals surface area contributed by atoms with E-state index in [1.54, 1.807) is 11.0 Å². The highest BCUT2D eigenvalue weighted by Gasteiger charge is 2.38. The van der Waals surface area contributed by atoms with Crippen molar-refractivity contribution < 1.29 is 4.79 Å². The number of rotatable bonds is 3. The van der Waals surface area contributed by atoms with Gasteiger partial charge < -0.3 is 4.90 Å². The monoisotopic (exact) mass is 333 g/mol. The normalized spacial score (nSPS) is 20.9. The Morgan fingerprint density at radius 2 is 2.00 bits per heavy atom. The smallest absolute Gasteiger partial charge is 0.255 e. The second-order valence-electron chi connectivity index (χ2n) is 6.56. The average molecular weight is 333 g/mol. The van der Waals surface area contributed by atoms with Gasteiger partial charge in [-0.15, -0.1) is 0 Å². The van der Waals surface area contributed by atoms with E-state index in [1.165, 1.54) is 19.0 Å². The van der Waals surface area contributed by atoms with Gasteiger partial charge in [0.05, 0.1) is 23.5 Å². The summed E-state index contributed by atoms with van der Waals surface area (Å²) in [5.74, 6) is -0.0808. The van der Waals surface area contributed by atoms with E-state index in [1.807, 2.05) is 30.3 Å². The number of hydrogen-bond acceptors (Lipinski definition) is 5. The van der Waals surface area contributed by atoms with Crippen molar-refractivity contribution >= 4 is 5.91 Å². The number of hydrogen-bond donors (Lipinski definition) is 0. The van der Waals surface area contributed by atoms with E-state index in [9.17, 15) is 10.1 Å². The summed E-state index contributed by atoms with van der Waals surface area (Å²) in [6, 6.07) is 14.1. The third kappa shape index (κ3) is 3.24. The summed E-state index contributed by atoms with van der Waals surface area (Å²) in [4.78, 5) is 16.9. The Kier molecular flexibility index (Phi) is 4.16. The van der Waals surface area contributed by atoms with Crippen LogP contribution in [0.5, 0.6) is 0 Å². The lowest BCUT2D eigenvalue weighted by molar-refractivity contribution is 0.0550. The number of benzene rings is 1. The Morgan fingerprint density at radius 1 is 1.20 bits per heavy atom. The molecule has 25 heavy (non-hydrogen) atoms. The molecule has 0 bridgehead atoms. The van der Waals surface area contributed by atoms with Gasteiger partial charge in [0.2, 0.25) is 0 Å². The third-order valence-electron chi connectivity index (χ3n) is 4.84. The van der Waals surface area contributed by atoms with Crippen LogP contribution in [0.25, 0.3) is 11.3 Å². The lowest BCUT2D eigenvalue weighted by Gasteiger charge is -2.38. The molecule has 126 valence electrons. The van der Waals surface area contributed by atoms with Crippen molar-refractivity contribution in [3.63, 3.8) is 0 Å². The first-order valence-corrected chi connectivity index (χ1v) is 8.59. The Balaban J connectivity index is 1.52. The van der Waals surface area contributed by atoms with Crippen LogP contribution in [0.3, 0.4) is 0 Å². The van der Waals surface area contributed by atoms with E-state index < -0.39 is 0 Å². The summed E-state index contributed by atoms with van der Waals surface area (Å²) in [7, 11) is 0. The zero-order chi connectivity index (χ0) is 17.2. The zero-order valence-electron chi connectivity index (χ0n) is 13.9. The first-order valence-electron chi connectivity index (χ1n) is 8.59.